The van der Waals surface area contributed by atoms with Crippen molar-refractivity contribution in [1.82, 2.24) is 9.78 Å². The van der Waals surface area contributed by atoms with Gasteiger partial charge in [0.2, 0.25) is 0 Å². The Hall–Kier alpha value is -1.03. The van der Waals surface area contributed by atoms with Crippen molar-refractivity contribution in [1.29, 1.82) is 0 Å². The second-order valence-corrected chi connectivity index (χ2v) is 3.59. The van der Waals surface area contributed by atoms with E-state index in [1.165, 1.54) is 0 Å². The highest BCUT2D eigenvalue weighted by Gasteiger charge is 2.04. The van der Waals surface area contributed by atoms with Crippen LogP contribution in [0.25, 0.3) is 10.9 Å². The third-order valence-corrected chi connectivity index (χ3v) is 2.34. The maximum absolute atomic E-state index is 5.77. The third kappa shape index (κ3) is 0.992. The molecular formula is C8H8BrN3. The fourth-order valence-corrected chi connectivity index (χ4v) is 1.54. The standard InChI is InChI=1S/C8H8BrN3/c1-12-8(10)6-3-2-5(9)4-7(6)11-12/h2-4H,10H2,1H3. The van der Waals surface area contributed by atoms with E-state index >= 15 is 0 Å². The van der Waals surface area contributed by atoms with Crippen molar-refractivity contribution in [2.45, 2.75) is 0 Å². The van der Waals surface area contributed by atoms with E-state index in [4.69, 9.17) is 5.73 Å². The first-order chi connectivity index (χ1) is 5.68. The molecule has 62 valence electrons. The summed E-state index contributed by atoms with van der Waals surface area (Å²) in [6.45, 7) is 0. The average molecular weight is 226 g/mol. The summed E-state index contributed by atoms with van der Waals surface area (Å²) in [5.41, 5.74) is 6.69. The van der Waals surface area contributed by atoms with Crippen LogP contribution >= 0.6 is 15.9 Å². The Labute approximate surface area is 78.3 Å². The van der Waals surface area contributed by atoms with Crippen molar-refractivity contribution in [2.24, 2.45) is 7.05 Å². The number of aromatic nitrogens is 2. The molecule has 2 N–H and O–H groups in total. The maximum atomic E-state index is 5.77. The summed E-state index contributed by atoms with van der Waals surface area (Å²) < 4.78 is 2.70. The number of anilines is 1. The minimum absolute atomic E-state index is 0.706. The molecule has 0 saturated heterocycles. The van der Waals surface area contributed by atoms with Gasteiger partial charge in [-0.25, -0.2) is 0 Å². The highest BCUT2D eigenvalue weighted by atomic mass is 79.9. The molecule has 0 radical (unpaired) electrons. The molecule has 3 nitrogen and oxygen atoms in total. The molecule has 0 fully saturated rings. The molecule has 0 bridgehead atoms. The van der Waals surface area contributed by atoms with Gasteiger partial charge >= 0.3 is 0 Å². The molecule has 2 aromatic rings. The highest BCUT2D eigenvalue weighted by molar-refractivity contribution is 9.10. The van der Waals surface area contributed by atoms with Crippen molar-refractivity contribution in [2.75, 3.05) is 5.73 Å². The molecule has 1 aromatic carbocycles. The molecule has 0 unspecified atom stereocenters. The molecule has 0 aliphatic heterocycles. The molecule has 0 spiro atoms. The highest BCUT2D eigenvalue weighted by Crippen LogP contribution is 2.22. The summed E-state index contributed by atoms with van der Waals surface area (Å²) in [6, 6.07) is 5.87. The van der Waals surface area contributed by atoms with Crippen molar-refractivity contribution in [3.63, 3.8) is 0 Å². The van der Waals surface area contributed by atoms with Crippen LogP contribution in [0, 0.1) is 0 Å². The lowest BCUT2D eigenvalue weighted by atomic mass is 10.2. The van der Waals surface area contributed by atoms with Gasteiger partial charge in [0.25, 0.3) is 0 Å². The average Bonchev–Trinajstić information content (AvgIpc) is 2.28. The molecule has 4 heteroatoms. The summed E-state index contributed by atoms with van der Waals surface area (Å²) in [6.07, 6.45) is 0. The Balaban J connectivity index is 2.87. The van der Waals surface area contributed by atoms with Gasteiger partial charge in [0.15, 0.2) is 0 Å². The first kappa shape index (κ1) is 7.61. The van der Waals surface area contributed by atoms with E-state index in [-0.39, 0.29) is 0 Å². The van der Waals surface area contributed by atoms with Crippen molar-refractivity contribution in [3.8, 4) is 0 Å². The van der Waals surface area contributed by atoms with Crippen LogP contribution in [0.4, 0.5) is 5.82 Å². The maximum Gasteiger partial charge on any atom is 0.129 e. The normalized spacial score (nSPS) is 10.8. The predicted octanol–water partition coefficient (Wildman–Crippen LogP) is 1.92. The Bertz CT molecular complexity index is 433. The number of aryl methyl sites for hydroxylation is 1. The van der Waals surface area contributed by atoms with Crippen LogP contribution in [0.3, 0.4) is 0 Å². The summed E-state index contributed by atoms with van der Waals surface area (Å²) in [5.74, 6) is 0.706. The van der Waals surface area contributed by atoms with Gasteiger partial charge in [0.1, 0.15) is 5.82 Å². The lowest BCUT2D eigenvalue weighted by molar-refractivity contribution is 0.791. The Morgan fingerprint density at radius 1 is 1.50 bits per heavy atom. The first-order valence-electron chi connectivity index (χ1n) is 3.56. The number of hydrogen-bond donors (Lipinski definition) is 1. The predicted molar refractivity (Wildman–Crippen MR) is 52.8 cm³/mol. The summed E-state index contributed by atoms with van der Waals surface area (Å²) in [5, 5.41) is 5.24. The third-order valence-electron chi connectivity index (χ3n) is 1.84. The minimum atomic E-state index is 0.706. The molecule has 1 heterocycles. The largest absolute Gasteiger partial charge is 0.383 e. The van der Waals surface area contributed by atoms with Crippen molar-refractivity contribution in [3.05, 3.63) is 22.7 Å². The molecule has 12 heavy (non-hydrogen) atoms. The molecule has 1 aromatic heterocycles. The van der Waals surface area contributed by atoms with E-state index < -0.39 is 0 Å². The summed E-state index contributed by atoms with van der Waals surface area (Å²) in [4.78, 5) is 0. The molecule has 0 saturated carbocycles. The number of fused-ring (bicyclic) bond motifs is 1. The van der Waals surface area contributed by atoms with Gasteiger partial charge in [-0.3, -0.25) is 4.68 Å². The van der Waals surface area contributed by atoms with Crippen LogP contribution in [-0.4, -0.2) is 9.78 Å². The number of nitrogen functional groups attached to an aromatic ring is 1. The van der Waals surface area contributed by atoms with Gasteiger partial charge in [-0.15, -0.1) is 0 Å². The zero-order chi connectivity index (χ0) is 8.72. The Morgan fingerprint density at radius 3 is 3.00 bits per heavy atom. The van der Waals surface area contributed by atoms with Gasteiger partial charge in [-0.2, -0.15) is 5.10 Å². The van der Waals surface area contributed by atoms with E-state index in [9.17, 15) is 0 Å². The number of rotatable bonds is 0. The topological polar surface area (TPSA) is 43.8 Å². The van der Waals surface area contributed by atoms with E-state index in [0.29, 0.717) is 5.82 Å². The summed E-state index contributed by atoms with van der Waals surface area (Å²) >= 11 is 3.38. The van der Waals surface area contributed by atoms with Crippen LogP contribution in [-0.2, 0) is 7.05 Å². The number of halogens is 1. The van der Waals surface area contributed by atoms with Crippen molar-refractivity contribution >= 4 is 32.7 Å². The number of nitrogens with two attached hydrogens (primary N) is 1. The van der Waals surface area contributed by atoms with Crippen LogP contribution in [0.1, 0.15) is 0 Å². The van der Waals surface area contributed by atoms with E-state index in [0.717, 1.165) is 15.4 Å². The van der Waals surface area contributed by atoms with Crippen LogP contribution in [0.15, 0.2) is 22.7 Å². The number of nitrogens with zero attached hydrogens (tertiary/aromatic N) is 2. The smallest absolute Gasteiger partial charge is 0.129 e. The Morgan fingerprint density at radius 2 is 2.25 bits per heavy atom. The van der Waals surface area contributed by atoms with Gasteiger partial charge in [-0.05, 0) is 18.2 Å². The van der Waals surface area contributed by atoms with E-state index in [1.54, 1.807) is 4.68 Å². The van der Waals surface area contributed by atoms with Gasteiger partial charge in [0, 0.05) is 16.9 Å². The second kappa shape index (κ2) is 2.48. The van der Waals surface area contributed by atoms with Crippen molar-refractivity contribution < 1.29 is 0 Å². The van der Waals surface area contributed by atoms with E-state index in [1.807, 2.05) is 25.2 Å². The molecular weight excluding hydrogens is 218 g/mol. The monoisotopic (exact) mass is 225 g/mol. The van der Waals surface area contributed by atoms with Gasteiger partial charge in [-0.1, -0.05) is 15.9 Å². The molecule has 2 rings (SSSR count). The van der Waals surface area contributed by atoms with Gasteiger partial charge in [0.05, 0.1) is 5.52 Å². The van der Waals surface area contributed by atoms with Crippen LogP contribution in [0.5, 0.6) is 0 Å². The fraction of sp³-hybridized carbons (Fsp3) is 0.125. The summed E-state index contributed by atoms with van der Waals surface area (Å²) in [7, 11) is 1.84. The number of hydrogen-bond acceptors (Lipinski definition) is 2. The first-order valence-corrected chi connectivity index (χ1v) is 4.35. The van der Waals surface area contributed by atoms with Crippen LogP contribution in [0.2, 0.25) is 0 Å². The lowest BCUT2D eigenvalue weighted by Crippen LogP contribution is -1.96. The Kier molecular flexibility index (Phi) is 1.58. The number of benzene rings is 1. The minimum Gasteiger partial charge on any atom is -0.383 e. The second-order valence-electron chi connectivity index (χ2n) is 2.67. The quantitative estimate of drug-likeness (QED) is 0.745. The van der Waals surface area contributed by atoms with Gasteiger partial charge < -0.3 is 5.73 Å². The zero-order valence-corrected chi connectivity index (χ0v) is 8.17. The van der Waals surface area contributed by atoms with E-state index in [2.05, 4.69) is 21.0 Å². The zero-order valence-electron chi connectivity index (χ0n) is 6.58. The van der Waals surface area contributed by atoms with Crippen LogP contribution < -0.4 is 5.73 Å². The molecule has 0 atom stereocenters. The lowest BCUT2D eigenvalue weighted by Gasteiger charge is -1.91. The SMILES string of the molecule is Cn1nc2cc(Br)ccc2c1N. The fourth-order valence-electron chi connectivity index (χ4n) is 1.19. The molecule has 0 aliphatic carbocycles. The molecule has 0 aliphatic rings. The molecule has 0 amide bonds.